The fourth-order valence-electron chi connectivity index (χ4n) is 3.22. The number of hydrogen-bond acceptors (Lipinski definition) is 5. The molecule has 5 aromatic rings. The van der Waals surface area contributed by atoms with Crippen LogP contribution >= 0.6 is 22.9 Å². The molecule has 0 aliphatic carbocycles. The van der Waals surface area contributed by atoms with Gasteiger partial charge in [0.2, 0.25) is 4.96 Å². The number of fused-ring (bicyclic) bond motifs is 1. The summed E-state index contributed by atoms with van der Waals surface area (Å²) < 4.78 is 7.74. The Labute approximate surface area is 198 Å². The van der Waals surface area contributed by atoms with E-state index < -0.39 is 0 Å². The van der Waals surface area contributed by atoms with Gasteiger partial charge >= 0.3 is 0 Å². The first kappa shape index (κ1) is 21.1. The second-order valence-electron chi connectivity index (χ2n) is 7.31. The SMILES string of the molecule is O=c1c(=Cc2ccc(OCc3ccccc3)cc2)sc2nc(C=Cc3ccc(Cl)cc3)nn12. The van der Waals surface area contributed by atoms with E-state index in [4.69, 9.17) is 16.3 Å². The third-order valence-electron chi connectivity index (χ3n) is 4.92. The number of halogens is 1. The number of hydrogen-bond donors (Lipinski definition) is 0. The molecule has 0 atom stereocenters. The van der Waals surface area contributed by atoms with E-state index >= 15 is 0 Å². The molecule has 0 saturated carbocycles. The molecule has 0 unspecified atom stereocenters. The summed E-state index contributed by atoms with van der Waals surface area (Å²) in [5, 5.41) is 5.01. The van der Waals surface area contributed by atoms with E-state index in [0.29, 0.717) is 26.9 Å². The minimum atomic E-state index is -0.182. The third kappa shape index (κ3) is 5.03. The zero-order valence-electron chi connectivity index (χ0n) is 17.4. The van der Waals surface area contributed by atoms with Crippen LogP contribution in [0.3, 0.4) is 0 Å². The molecule has 0 radical (unpaired) electrons. The molecule has 0 aliphatic rings. The van der Waals surface area contributed by atoms with Gasteiger partial charge in [0.25, 0.3) is 5.56 Å². The predicted octanol–water partition coefficient (Wildman–Crippen LogP) is 5.10. The lowest BCUT2D eigenvalue weighted by molar-refractivity contribution is 0.306. The van der Waals surface area contributed by atoms with Crippen LogP contribution in [0.4, 0.5) is 0 Å². The van der Waals surface area contributed by atoms with Crippen molar-refractivity contribution in [1.82, 2.24) is 14.6 Å². The molecule has 5 rings (SSSR count). The lowest BCUT2D eigenvalue weighted by Crippen LogP contribution is -2.23. The Morgan fingerprint density at radius 2 is 1.64 bits per heavy atom. The van der Waals surface area contributed by atoms with E-state index in [1.165, 1.54) is 15.9 Å². The number of nitrogens with zero attached hydrogens (tertiary/aromatic N) is 3. The molecule has 162 valence electrons. The van der Waals surface area contributed by atoms with Crippen LogP contribution in [0.15, 0.2) is 83.7 Å². The Balaban J connectivity index is 1.31. The Hall–Kier alpha value is -3.74. The van der Waals surface area contributed by atoms with Gasteiger partial charge in [0.15, 0.2) is 5.82 Å². The minimum absolute atomic E-state index is 0.182. The molecule has 0 aliphatic heterocycles. The molecule has 7 heteroatoms. The van der Waals surface area contributed by atoms with Crippen molar-refractivity contribution in [3.05, 3.63) is 121 Å². The second kappa shape index (κ2) is 9.40. The molecular formula is C26H18ClN3O2S. The van der Waals surface area contributed by atoms with Crippen molar-refractivity contribution < 1.29 is 4.74 Å². The van der Waals surface area contributed by atoms with Gasteiger partial charge in [-0.3, -0.25) is 4.79 Å². The summed E-state index contributed by atoms with van der Waals surface area (Å²) in [7, 11) is 0. The van der Waals surface area contributed by atoms with Crippen LogP contribution in [0.5, 0.6) is 5.75 Å². The molecule has 0 N–H and O–H groups in total. The highest BCUT2D eigenvalue weighted by molar-refractivity contribution is 7.15. The van der Waals surface area contributed by atoms with Gasteiger partial charge in [-0.05, 0) is 53.1 Å². The molecule has 5 nitrogen and oxygen atoms in total. The Kier molecular flexibility index (Phi) is 6.02. The number of thiazole rings is 1. The van der Waals surface area contributed by atoms with Gasteiger partial charge in [0.05, 0.1) is 4.53 Å². The highest BCUT2D eigenvalue weighted by Crippen LogP contribution is 2.15. The lowest BCUT2D eigenvalue weighted by Gasteiger charge is -2.06. The van der Waals surface area contributed by atoms with Crippen LogP contribution < -0.4 is 14.8 Å². The molecule has 3 aromatic carbocycles. The van der Waals surface area contributed by atoms with E-state index in [1.54, 1.807) is 6.08 Å². The Morgan fingerprint density at radius 1 is 0.909 bits per heavy atom. The summed E-state index contributed by atoms with van der Waals surface area (Å²) in [4.78, 5) is 17.8. The summed E-state index contributed by atoms with van der Waals surface area (Å²) in [6.45, 7) is 0.511. The van der Waals surface area contributed by atoms with Crippen molar-refractivity contribution in [1.29, 1.82) is 0 Å². The Morgan fingerprint density at radius 3 is 2.36 bits per heavy atom. The van der Waals surface area contributed by atoms with Gasteiger partial charge in [-0.15, -0.1) is 5.10 Å². The van der Waals surface area contributed by atoms with Crippen molar-refractivity contribution in [2.75, 3.05) is 0 Å². The second-order valence-corrected chi connectivity index (χ2v) is 8.75. The third-order valence-corrected chi connectivity index (χ3v) is 6.13. The van der Waals surface area contributed by atoms with Crippen LogP contribution in [0.2, 0.25) is 5.02 Å². The molecule has 0 spiro atoms. The number of benzene rings is 3. The quantitative estimate of drug-likeness (QED) is 0.345. The lowest BCUT2D eigenvalue weighted by atomic mass is 10.2. The van der Waals surface area contributed by atoms with Crippen LogP contribution in [-0.2, 0) is 6.61 Å². The first-order valence-electron chi connectivity index (χ1n) is 10.3. The number of aromatic nitrogens is 3. The van der Waals surface area contributed by atoms with Gasteiger partial charge in [-0.2, -0.15) is 9.50 Å². The van der Waals surface area contributed by atoms with Crippen molar-refractivity contribution >= 4 is 46.1 Å². The van der Waals surface area contributed by atoms with E-state index in [-0.39, 0.29) is 5.56 Å². The Bertz CT molecular complexity index is 1520. The zero-order chi connectivity index (χ0) is 22.6. The van der Waals surface area contributed by atoms with Crippen LogP contribution in [0.1, 0.15) is 22.5 Å². The van der Waals surface area contributed by atoms with Crippen LogP contribution in [-0.4, -0.2) is 14.6 Å². The smallest absolute Gasteiger partial charge is 0.291 e. The van der Waals surface area contributed by atoms with E-state index in [2.05, 4.69) is 10.1 Å². The summed E-state index contributed by atoms with van der Waals surface area (Å²) in [6.07, 6.45) is 5.50. The van der Waals surface area contributed by atoms with E-state index in [9.17, 15) is 4.79 Å². The molecule has 2 heterocycles. The van der Waals surface area contributed by atoms with Gasteiger partial charge in [0, 0.05) is 5.02 Å². The van der Waals surface area contributed by atoms with E-state index in [1.807, 2.05) is 91.0 Å². The first-order chi connectivity index (χ1) is 16.1. The number of rotatable bonds is 6. The fourth-order valence-corrected chi connectivity index (χ4v) is 4.26. The first-order valence-corrected chi connectivity index (χ1v) is 11.5. The maximum absolute atomic E-state index is 12.8. The fraction of sp³-hybridized carbons (Fsp3) is 0.0385. The highest BCUT2D eigenvalue weighted by Gasteiger charge is 2.09. The molecule has 33 heavy (non-hydrogen) atoms. The minimum Gasteiger partial charge on any atom is -0.489 e. The molecule has 0 bridgehead atoms. The summed E-state index contributed by atoms with van der Waals surface area (Å²) in [6, 6.07) is 25.1. The predicted molar refractivity (Wildman–Crippen MR) is 134 cm³/mol. The maximum atomic E-state index is 12.8. The van der Waals surface area contributed by atoms with Crippen molar-refractivity contribution in [2.45, 2.75) is 6.61 Å². The van der Waals surface area contributed by atoms with Crippen LogP contribution in [0.25, 0.3) is 23.2 Å². The monoisotopic (exact) mass is 471 g/mol. The average molecular weight is 472 g/mol. The van der Waals surface area contributed by atoms with E-state index in [0.717, 1.165) is 22.4 Å². The standard InChI is InChI=1S/C26H18ClN3O2S/c27-21-11-6-18(7-12-21)10-15-24-28-26-30(29-24)25(31)23(33-26)16-19-8-13-22(14-9-19)32-17-20-4-2-1-3-5-20/h1-16H,17H2. The van der Waals surface area contributed by atoms with Gasteiger partial charge < -0.3 is 4.74 Å². The largest absolute Gasteiger partial charge is 0.489 e. The summed E-state index contributed by atoms with van der Waals surface area (Å²) in [5.74, 6) is 1.26. The molecule has 0 fully saturated rings. The normalized spacial score (nSPS) is 12.1. The van der Waals surface area contributed by atoms with Gasteiger partial charge in [0.1, 0.15) is 12.4 Å². The van der Waals surface area contributed by atoms with Gasteiger partial charge in [-0.25, -0.2) is 0 Å². The van der Waals surface area contributed by atoms with Crippen molar-refractivity contribution in [3.63, 3.8) is 0 Å². The molecule has 0 saturated heterocycles. The molecule has 0 amide bonds. The van der Waals surface area contributed by atoms with Crippen molar-refractivity contribution in [2.24, 2.45) is 0 Å². The zero-order valence-corrected chi connectivity index (χ0v) is 19.0. The summed E-state index contributed by atoms with van der Waals surface area (Å²) in [5.41, 5.74) is 2.82. The van der Waals surface area contributed by atoms with Gasteiger partial charge in [-0.1, -0.05) is 83.6 Å². The average Bonchev–Trinajstić information content (AvgIpc) is 3.37. The van der Waals surface area contributed by atoms with Crippen molar-refractivity contribution in [3.8, 4) is 5.75 Å². The molecular weight excluding hydrogens is 454 g/mol. The highest BCUT2D eigenvalue weighted by atomic mass is 35.5. The maximum Gasteiger partial charge on any atom is 0.291 e. The summed E-state index contributed by atoms with van der Waals surface area (Å²) >= 11 is 7.22. The molecule has 2 aromatic heterocycles. The topological polar surface area (TPSA) is 56.5 Å². The number of ether oxygens (including phenoxy) is 1. The van der Waals surface area contributed by atoms with Crippen LogP contribution in [0, 0.1) is 0 Å².